The van der Waals surface area contributed by atoms with Crippen LogP contribution in [0.5, 0.6) is 0 Å². The van der Waals surface area contributed by atoms with Gasteiger partial charge in [-0.2, -0.15) is 0 Å². The summed E-state index contributed by atoms with van der Waals surface area (Å²) in [7, 11) is 0. The van der Waals surface area contributed by atoms with E-state index in [9.17, 15) is 0 Å². The predicted molar refractivity (Wildman–Crippen MR) is 99.6 cm³/mol. The van der Waals surface area contributed by atoms with E-state index in [0.29, 0.717) is 5.92 Å². The highest BCUT2D eigenvalue weighted by atomic mass is 15.2. The maximum absolute atomic E-state index is 4.74. The molecule has 5 heteroatoms. The molecular formula is C20H31N5. The Kier molecular flexibility index (Phi) is 5.20. The number of rotatable bonds is 7. The van der Waals surface area contributed by atoms with Gasteiger partial charge in [0, 0.05) is 50.3 Å². The van der Waals surface area contributed by atoms with Crippen molar-refractivity contribution in [2.75, 3.05) is 19.6 Å². The van der Waals surface area contributed by atoms with E-state index in [2.05, 4.69) is 38.3 Å². The molecule has 0 N–H and O–H groups in total. The fourth-order valence-electron chi connectivity index (χ4n) is 4.36. The van der Waals surface area contributed by atoms with E-state index in [1.54, 1.807) is 0 Å². The molecule has 0 amide bonds. The average molecular weight is 342 g/mol. The molecule has 1 atom stereocenters. The standard InChI is InChI=1S/C20H31N5/c1-17-21-8-13-24(17)12-4-11-23-10-3-7-19(16-23)20-22-9-14-25(20)15-18-5-2-6-18/h8-9,13-14,18-19H,2-7,10-12,15-16H2,1H3/t19-/m1/s1. The molecule has 1 saturated carbocycles. The number of likely N-dealkylation sites (tertiary alicyclic amines) is 1. The molecular weight excluding hydrogens is 310 g/mol. The van der Waals surface area contributed by atoms with Gasteiger partial charge in [0.1, 0.15) is 11.6 Å². The molecule has 2 fully saturated rings. The first-order chi connectivity index (χ1) is 12.3. The third kappa shape index (κ3) is 3.97. The average Bonchev–Trinajstić information content (AvgIpc) is 3.21. The smallest absolute Gasteiger partial charge is 0.113 e. The fraction of sp³-hybridized carbons (Fsp3) is 0.700. The number of aromatic nitrogens is 4. The molecule has 136 valence electrons. The number of hydrogen-bond acceptors (Lipinski definition) is 3. The monoisotopic (exact) mass is 341 g/mol. The van der Waals surface area contributed by atoms with Crippen molar-refractivity contribution in [1.29, 1.82) is 0 Å². The summed E-state index contributed by atoms with van der Waals surface area (Å²) in [6.07, 6.45) is 16.2. The minimum atomic E-state index is 0.610. The summed E-state index contributed by atoms with van der Waals surface area (Å²) < 4.78 is 4.71. The maximum atomic E-state index is 4.74. The van der Waals surface area contributed by atoms with E-state index < -0.39 is 0 Å². The van der Waals surface area contributed by atoms with Gasteiger partial charge in [-0.05, 0) is 58.0 Å². The van der Waals surface area contributed by atoms with Crippen LogP contribution in [-0.4, -0.2) is 43.6 Å². The van der Waals surface area contributed by atoms with Gasteiger partial charge in [0.25, 0.3) is 0 Å². The lowest BCUT2D eigenvalue weighted by atomic mass is 9.85. The van der Waals surface area contributed by atoms with Gasteiger partial charge in [0.15, 0.2) is 0 Å². The fourth-order valence-corrected chi connectivity index (χ4v) is 4.36. The molecule has 25 heavy (non-hydrogen) atoms. The summed E-state index contributed by atoms with van der Waals surface area (Å²) in [6.45, 7) is 7.93. The lowest BCUT2D eigenvalue weighted by Crippen LogP contribution is -2.36. The van der Waals surface area contributed by atoms with Gasteiger partial charge in [-0.1, -0.05) is 6.42 Å². The second-order valence-electron chi connectivity index (χ2n) is 7.90. The Balaban J connectivity index is 1.30. The Morgan fingerprint density at radius 3 is 2.60 bits per heavy atom. The highest BCUT2D eigenvalue weighted by molar-refractivity contribution is 5.04. The number of imidazole rings is 2. The van der Waals surface area contributed by atoms with Crippen molar-refractivity contribution in [2.24, 2.45) is 5.92 Å². The van der Waals surface area contributed by atoms with Crippen molar-refractivity contribution in [3.63, 3.8) is 0 Å². The maximum Gasteiger partial charge on any atom is 0.113 e. The third-order valence-electron chi connectivity index (χ3n) is 6.09. The van der Waals surface area contributed by atoms with Gasteiger partial charge in [0.05, 0.1) is 0 Å². The van der Waals surface area contributed by atoms with E-state index in [-0.39, 0.29) is 0 Å². The molecule has 1 aliphatic heterocycles. The van der Waals surface area contributed by atoms with E-state index in [1.807, 2.05) is 12.4 Å². The zero-order valence-electron chi connectivity index (χ0n) is 15.5. The molecule has 2 aliphatic rings. The Hall–Kier alpha value is -1.62. The molecule has 0 unspecified atom stereocenters. The van der Waals surface area contributed by atoms with E-state index in [4.69, 9.17) is 4.98 Å². The molecule has 0 aromatic carbocycles. The van der Waals surface area contributed by atoms with Gasteiger partial charge in [0.2, 0.25) is 0 Å². The number of hydrogen-bond donors (Lipinski definition) is 0. The number of piperidine rings is 1. The van der Waals surface area contributed by atoms with Gasteiger partial charge < -0.3 is 14.0 Å². The van der Waals surface area contributed by atoms with Crippen LogP contribution in [-0.2, 0) is 13.1 Å². The largest absolute Gasteiger partial charge is 0.335 e. The molecule has 0 radical (unpaired) electrons. The highest BCUT2D eigenvalue weighted by Crippen LogP contribution is 2.31. The van der Waals surface area contributed by atoms with Gasteiger partial charge >= 0.3 is 0 Å². The SMILES string of the molecule is Cc1nccn1CCCN1CCC[C@@H](c2nccn2CC2CCC2)C1. The van der Waals surface area contributed by atoms with Crippen molar-refractivity contribution in [3.8, 4) is 0 Å². The molecule has 2 aromatic heterocycles. The first kappa shape index (κ1) is 16.8. The minimum Gasteiger partial charge on any atom is -0.335 e. The minimum absolute atomic E-state index is 0.610. The summed E-state index contributed by atoms with van der Waals surface area (Å²) in [6, 6.07) is 0. The van der Waals surface area contributed by atoms with Gasteiger partial charge in [-0.3, -0.25) is 0 Å². The van der Waals surface area contributed by atoms with E-state index in [1.165, 1.54) is 70.5 Å². The Morgan fingerprint density at radius 1 is 1.00 bits per heavy atom. The first-order valence-corrected chi connectivity index (χ1v) is 10.0. The Morgan fingerprint density at radius 2 is 1.84 bits per heavy atom. The first-order valence-electron chi connectivity index (χ1n) is 10.0. The van der Waals surface area contributed by atoms with Crippen molar-refractivity contribution in [1.82, 2.24) is 24.0 Å². The zero-order chi connectivity index (χ0) is 17.1. The summed E-state index contributed by atoms with van der Waals surface area (Å²) in [5.74, 6) is 3.96. The summed E-state index contributed by atoms with van der Waals surface area (Å²) in [4.78, 5) is 11.7. The number of nitrogens with zero attached hydrogens (tertiary/aromatic N) is 5. The summed E-state index contributed by atoms with van der Waals surface area (Å²) >= 11 is 0. The molecule has 2 aromatic rings. The van der Waals surface area contributed by atoms with Crippen LogP contribution in [0.3, 0.4) is 0 Å². The molecule has 1 aliphatic carbocycles. The van der Waals surface area contributed by atoms with Crippen molar-refractivity contribution in [3.05, 3.63) is 36.4 Å². The van der Waals surface area contributed by atoms with E-state index in [0.717, 1.165) is 18.3 Å². The third-order valence-corrected chi connectivity index (χ3v) is 6.09. The Labute approximate surface area is 151 Å². The van der Waals surface area contributed by atoms with Crippen LogP contribution in [0.25, 0.3) is 0 Å². The molecule has 4 rings (SSSR count). The molecule has 1 saturated heterocycles. The topological polar surface area (TPSA) is 38.9 Å². The normalized spacial score (nSPS) is 22.2. The second kappa shape index (κ2) is 7.73. The second-order valence-corrected chi connectivity index (χ2v) is 7.90. The van der Waals surface area contributed by atoms with Gasteiger partial charge in [-0.15, -0.1) is 0 Å². The molecule has 0 spiro atoms. The van der Waals surface area contributed by atoms with E-state index >= 15 is 0 Å². The lowest BCUT2D eigenvalue weighted by molar-refractivity contribution is 0.194. The van der Waals surface area contributed by atoms with Crippen molar-refractivity contribution in [2.45, 2.75) is 64.5 Å². The number of aryl methyl sites for hydroxylation is 2. The molecule has 5 nitrogen and oxygen atoms in total. The Bertz CT molecular complexity index is 669. The van der Waals surface area contributed by atoms with Crippen LogP contribution in [0, 0.1) is 12.8 Å². The molecule has 3 heterocycles. The predicted octanol–water partition coefficient (Wildman–Crippen LogP) is 3.46. The van der Waals surface area contributed by atoms with Crippen LogP contribution >= 0.6 is 0 Å². The van der Waals surface area contributed by atoms with Crippen molar-refractivity contribution < 1.29 is 0 Å². The highest BCUT2D eigenvalue weighted by Gasteiger charge is 2.26. The van der Waals surface area contributed by atoms with Crippen LogP contribution < -0.4 is 0 Å². The molecule has 0 bridgehead atoms. The van der Waals surface area contributed by atoms with Crippen LogP contribution in [0.2, 0.25) is 0 Å². The van der Waals surface area contributed by atoms with Crippen molar-refractivity contribution >= 4 is 0 Å². The zero-order valence-corrected chi connectivity index (χ0v) is 15.5. The quantitative estimate of drug-likeness (QED) is 0.774. The van der Waals surface area contributed by atoms with Crippen LogP contribution in [0.15, 0.2) is 24.8 Å². The van der Waals surface area contributed by atoms with Crippen LogP contribution in [0.1, 0.15) is 56.1 Å². The van der Waals surface area contributed by atoms with Gasteiger partial charge in [-0.25, -0.2) is 9.97 Å². The summed E-state index contributed by atoms with van der Waals surface area (Å²) in [5.41, 5.74) is 0. The summed E-state index contributed by atoms with van der Waals surface area (Å²) in [5, 5.41) is 0. The van der Waals surface area contributed by atoms with Crippen LogP contribution in [0.4, 0.5) is 0 Å². The lowest BCUT2D eigenvalue weighted by Gasteiger charge is -2.33.